The molecule has 0 unspecified atom stereocenters. The smallest absolute Gasteiger partial charge is 0.474 e. The molecule has 0 aliphatic heterocycles. The number of ether oxygens (including phenoxy) is 1. The van der Waals surface area contributed by atoms with E-state index in [1.165, 1.54) is 6.92 Å². The van der Waals surface area contributed by atoms with Gasteiger partial charge in [-0.05, 0) is 0 Å². The molecule has 0 spiro atoms. The van der Waals surface area contributed by atoms with Gasteiger partial charge in [0.05, 0.1) is 6.61 Å². The van der Waals surface area contributed by atoms with Crippen molar-refractivity contribution in [3.8, 4) is 0 Å². The minimum absolute atomic E-state index is 0. The van der Waals surface area contributed by atoms with Crippen LogP contribution in [-0.4, -0.2) is 16.3 Å². The summed E-state index contributed by atoms with van der Waals surface area (Å²) >= 11 is 0. The molecule has 0 saturated heterocycles. The van der Waals surface area contributed by atoms with Gasteiger partial charge < -0.3 is 9.30 Å². The summed E-state index contributed by atoms with van der Waals surface area (Å²) in [6.45, 7) is 13.7. The minimum atomic E-state index is -2.68. The molecular weight excluding hydrogens is 387 g/mol. The van der Waals surface area contributed by atoms with E-state index in [2.05, 4.69) is 0 Å². The second-order valence-electron chi connectivity index (χ2n) is 8.13. The molecule has 0 amide bonds. The molecule has 2 aromatic carbocycles. The molecule has 0 aromatic heterocycles. The number of hydrogen-bond donors (Lipinski definition) is 0. The van der Waals surface area contributed by atoms with Crippen LogP contribution in [-0.2, 0) is 37.8 Å². The third-order valence-electron chi connectivity index (χ3n) is 4.10. The Morgan fingerprint density at radius 3 is 1.92 bits per heavy atom. The maximum Gasteiger partial charge on any atom is 2.00 e. The molecule has 0 radical (unpaired) electrons. The maximum atomic E-state index is 13.8. The van der Waals surface area contributed by atoms with Gasteiger partial charge in [0.15, 0.2) is 0 Å². The van der Waals surface area contributed by atoms with E-state index in [0.29, 0.717) is 0 Å². The van der Waals surface area contributed by atoms with Gasteiger partial charge in [0, 0.05) is 17.2 Å². The summed E-state index contributed by atoms with van der Waals surface area (Å²) in [5.41, 5.74) is 0.855. The molecule has 3 nitrogen and oxygen atoms in total. The summed E-state index contributed by atoms with van der Waals surface area (Å²) in [6, 6.07) is 15.7. The zero-order chi connectivity index (χ0) is 19.3. The van der Waals surface area contributed by atoms with Gasteiger partial charge in [0.25, 0.3) is 0 Å². The number of carbonyl (C=O) groups is 1. The van der Waals surface area contributed by atoms with Crippen molar-refractivity contribution in [1.29, 1.82) is 0 Å². The van der Waals surface area contributed by atoms with Gasteiger partial charge >= 0.3 is 23.0 Å². The molecule has 0 heterocycles. The number of hydrogen-bond acceptors (Lipinski definition) is 3. The van der Waals surface area contributed by atoms with Crippen LogP contribution >= 0.6 is 7.14 Å². The van der Waals surface area contributed by atoms with Gasteiger partial charge in [-0.2, -0.15) is 24.3 Å². The van der Waals surface area contributed by atoms with Crippen molar-refractivity contribution in [1.82, 2.24) is 0 Å². The quantitative estimate of drug-likeness (QED) is 0.288. The van der Waals surface area contributed by atoms with E-state index in [0.717, 1.165) is 10.9 Å². The molecule has 0 bridgehead atoms. The Morgan fingerprint density at radius 1 is 1.08 bits per heavy atom. The molecule has 2 aromatic rings. The van der Waals surface area contributed by atoms with Crippen LogP contribution in [0, 0.1) is 0 Å². The fourth-order valence-electron chi connectivity index (χ4n) is 3.11. The Labute approximate surface area is 169 Å². The summed E-state index contributed by atoms with van der Waals surface area (Å²) in [4.78, 5) is 11.0. The third-order valence-corrected chi connectivity index (χ3v) is 8.99. The SMILES string of the molecule is CC(=O)OC[c-]1cccc1P(=O)(C(C)(C)C)C(C)(C)C.[Fe+2].c1cc[cH-]c1. The van der Waals surface area contributed by atoms with Crippen LogP contribution < -0.4 is 5.30 Å². The molecule has 0 fully saturated rings. The Hall–Kier alpha value is -1.08. The first-order valence-electron chi connectivity index (χ1n) is 8.56. The fourth-order valence-corrected chi connectivity index (χ4v) is 7.40. The normalized spacial score (nSPS) is 11.8. The van der Waals surface area contributed by atoms with Crippen LogP contribution in [0.4, 0.5) is 0 Å². The second-order valence-corrected chi connectivity index (χ2v) is 12.5. The van der Waals surface area contributed by atoms with Gasteiger partial charge in [-0.15, -0.1) is 10.9 Å². The minimum Gasteiger partial charge on any atom is -0.474 e. The van der Waals surface area contributed by atoms with Crippen LogP contribution in [0.15, 0.2) is 48.5 Å². The molecule has 0 atom stereocenters. The van der Waals surface area contributed by atoms with Gasteiger partial charge in [-0.1, -0.05) is 41.5 Å². The summed E-state index contributed by atoms with van der Waals surface area (Å²) in [6.07, 6.45) is 0. The fraction of sp³-hybridized carbons (Fsp3) is 0.476. The van der Waals surface area contributed by atoms with Crippen LogP contribution in [0.1, 0.15) is 54.0 Å². The van der Waals surface area contributed by atoms with Crippen LogP contribution in [0.2, 0.25) is 0 Å². The molecule has 26 heavy (non-hydrogen) atoms. The zero-order valence-corrected chi connectivity index (χ0v) is 18.9. The van der Waals surface area contributed by atoms with E-state index in [1.807, 2.05) is 90.1 Å². The Bertz CT molecular complexity index is 665. The van der Waals surface area contributed by atoms with Crippen molar-refractivity contribution in [3.63, 3.8) is 0 Å². The van der Waals surface area contributed by atoms with E-state index in [1.54, 1.807) is 0 Å². The van der Waals surface area contributed by atoms with Crippen LogP contribution in [0.5, 0.6) is 0 Å². The van der Waals surface area contributed by atoms with Crippen molar-refractivity contribution in [2.24, 2.45) is 0 Å². The molecule has 2 rings (SSSR count). The Kier molecular flexibility index (Phi) is 9.33. The largest absolute Gasteiger partial charge is 2.00 e. The monoisotopic (exact) mass is 418 g/mol. The van der Waals surface area contributed by atoms with Gasteiger partial charge in [-0.25, -0.2) is 24.3 Å². The van der Waals surface area contributed by atoms with E-state index in [4.69, 9.17) is 4.74 Å². The average molecular weight is 418 g/mol. The van der Waals surface area contributed by atoms with E-state index >= 15 is 0 Å². The van der Waals surface area contributed by atoms with Gasteiger partial charge in [0.2, 0.25) is 0 Å². The predicted octanol–water partition coefficient (Wildman–Crippen LogP) is 5.46. The first kappa shape index (κ1) is 24.9. The molecule has 5 heteroatoms. The Morgan fingerprint density at radius 2 is 1.58 bits per heavy atom. The van der Waals surface area contributed by atoms with Crippen molar-refractivity contribution in [3.05, 3.63) is 54.1 Å². The summed E-state index contributed by atoms with van der Waals surface area (Å²) in [7, 11) is -2.68. The number of carbonyl (C=O) groups excluding carboxylic acids is 1. The van der Waals surface area contributed by atoms with Crippen molar-refractivity contribution in [2.75, 3.05) is 0 Å². The number of rotatable bonds is 3. The first-order chi connectivity index (χ1) is 11.4. The van der Waals surface area contributed by atoms with E-state index in [-0.39, 0.29) is 40.0 Å². The van der Waals surface area contributed by atoms with Crippen molar-refractivity contribution < 1.29 is 31.2 Å². The molecule has 0 N–H and O–H groups in total. The maximum absolute atomic E-state index is 13.8. The van der Waals surface area contributed by atoms with Gasteiger partial charge in [-0.3, -0.25) is 4.79 Å². The topological polar surface area (TPSA) is 43.4 Å². The standard InChI is InChI=1S/C16H26O3P.C5H5.Fe/c1-12(17)19-11-13-9-8-10-14(13)20(18,15(2,3)4)16(5,6)7;1-2-4-5-3-1;/h8-10H,11H2,1-7H3;1-5H;/q2*-1;+2. The average Bonchev–Trinajstić information content (AvgIpc) is 3.16. The summed E-state index contributed by atoms with van der Waals surface area (Å²) in [5.74, 6) is -0.321. The molecule has 146 valence electrons. The number of esters is 1. The van der Waals surface area contributed by atoms with E-state index in [9.17, 15) is 9.36 Å². The molecule has 0 aliphatic rings. The summed E-state index contributed by atoms with van der Waals surface area (Å²) < 4.78 is 18.9. The van der Waals surface area contributed by atoms with Crippen LogP contribution in [0.25, 0.3) is 0 Å². The van der Waals surface area contributed by atoms with Crippen LogP contribution in [0.3, 0.4) is 0 Å². The molecule has 0 aliphatic carbocycles. The van der Waals surface area contributed by atoms with Crippen molar-refractivity contribution >= 4 is 18.4 Å². The first-order valence-corrected chi connectivity index (χ1v) is 10.3. The predicted molar refractivity (Wildman–Crippen MR) is 106 cm³/mol. The summed E-state index contributed by atoms with van der Waals surface area (Å²) in [5, 5.41) is 0.161. The Balaban J connectivity index is 0.000000893. The molecule has 0 saturated carbocycles. The molecular formula is C21H31FeO3P. The third kappa shape index (κ3) is 5.98. The van der Waals surface area contributed by atoms with Crippen molar-refractivity contribution in [2.45, 2.75) is 65.4 Å². The van der Waals surface area contributed by atoms with E-state index < -0.39 is 7.14 Å². The zero-order valence-electron chi connectivity index (χ0n) is 16.9. The second kappa shape index (κ2) is 9.74. The van der Waals surface area contributed by atoms with Gasteiger partial charge in [0.1, 0.15) is 7.14 Å².